The van der Waals surface area contributed by atoms with E-state index in [4.69, 9.17) is 20.6 Å². The number of ether oxygens (including phenoxy) is 1. The first-order valence-electron chi connectivity index (χ1n) is 10.7. The molecule has 0 radical (unpaired) electrons. The number of amides is 1. The zero-order chi connectivity index (χ0) is 22.0. The number of aliphatic imine (C=N–C) groups is 1. The summed E-state index contributed by atoms with van der Waals surface area (Å²) in [5.41, 5.74) is 8.93. The smallest absolute Gasteiger partial charge is 0.246 e. The minimum Gasteiger partial charge on any atom is -0.463 e. The van der Waals surface area contributed by atoms with E-state index in [0.717, 1.165) is 37.0 Å². The molecule has 0 saturated heterocycles. The summed E-state index contributed by atoms with van der Waals surface area (Å²) in [5, 5.41) is 11.6. The summed E-state index contributed by atoms with van der Waals surface area (Å²) in [5.74, 6) is 1.41. The van der Waals surface area contributed by atoms with Gasteiger partial charge in [0.05, 0.1) is 5.71 Å². The molecule has 0 unspecified atom stereocenters. The number of nitrogen functional groups attached to an aromatic ring is 1. The quantitative estimate of drug-likeness (QED) is 0.680. The number of benzene rings is 1. The topological polar surface area (TPSA) is 123 Å². The van der Waals surface area contributed by atoms with E-state index in [1.54, 1.807) is 0 Å². The van der Waals surface area contributed by atoms with Gasteiger partial charge in [-0.3, -0.25) is 4.79 Å². The summed E-state index contributed by atoms with van der Waals surface area (Å²) in [6, 6.07) is 8.54. The third-order valence-electron chi connectivity index (χ3n) is 6.20. The Hall–Kier alpha value is -3.00. The van der Waals surface area contributed by atoms with Crippen LogP contribution in [0.2, 0.25) is 0 Å². The first kappa shape index (κ1) is 21.2. The largest absolute Gasteiger partial charge is 0.463 e. The highest BCUT2D eigenvalue weighted by molar-refractivity contribution is 6.09. The average Bonchev–Trinajstić information content (AvgIpc) is 2.77. The van der Waals surface area contributed by atoms with Crippen LogP contribution in [0.4, 0.5) is 11.5 Å². The van der Waals surface area contributed by atoms with Crippen LogP contribution in [0.1, 0.15) is 56.6 Å². The number of hydrogen-bond acceptors (Lipinski definition) is 7. The number of aliphatic hydroxyl groups is 1. The zero-order valence-corrected chi connectivity index (χ0v) is 18.0. The number of carbonyl (C=O) groups is 1. The molecular weight excluding hydrogens is 394 g/mol. The molecule has 2 aromatic rings. The number of rotatable bonds is 5. The van der Waals surface area contributed by atoms with Gasteiger partial charge in [0.1, 0.15) is 18.5 Å². The Kier molecular flexibility index (Phi) is 5.91. The van der Waals surface area contributed by atoms with E-state index in [1.807, 2.05) is 13.8 Å². The highest BCUT2D eigenvalue weighted by Gasteiger charge is 2.35. The average molecular weight is 424 g/mol. The molecule has 2 aliphatic rings. The predicted octanol–water partition coefficient (Wildman–Crippen LogP) is 2.73. The molecule has 0 spiro atoms. The second-order valence-electron chi connectivity index (χ2n) is 8.79. The van der Waals surface area contributed by atoms with Crippen molar-refractivity contribution in [3.05, 3.63) is 41.7 Å². The second kappa shape index (κ2) is 8.63. The lowest BCUT2D eigenvalue weighted by Gasteiger charge is -2.32. The van der Waals surface area contributed by atoms with Crippen molar-refractivity contribution in [2.45, 2.75) is 51.0 Å². The SMILES string of the molecule is CC1(C)Oc2ncnc(N)c2N=C1c1ccc([C@H]2CC[C@H](CNC(=O)CO)CC2)cc1. The Morgan fingerprint density at radius 1 is 1.19 bits per heavy atom. The Balaban J connectivity index is 1.45. The lowest BCUT2D eigenvalue weighted by Crippen LogP contribution is -2.41. The Labute approximate surface area is 182 Å². The molecule has 2 heterocycles. The molecule has 1 aromatic carbocycles. The number of fused-ring (bicyclic) bond motifs is 1. The zero-order valence-electron chi connectivity index (χ0n) is 18.0. The number of carbonyl (C=O) groups excluding carboxylic acids is 1. The van der Waals surface area contributed by atoms with Gasteiger partial charge in [-0.05, 0) is 56.9 Å². The molecule has 1 aliphatic carbocycles. The second-order valence-corrected chi connectivity index (χ2v) is 8.79. The molecule has 1 fully saturated rings. The van der Waals surface area contributed by atoms with E-state index in [0.29, 0.717) is 35.8 Å². The summed E-state index contributed by atoms with van der Waals surface area (Å²) in [7, 11) is 0. The third kappa shape index (κ3) is 4.54. The normalized spacial score (nSPS) is 22.1. The predicted molar refractivity (Wildman–Crippen MR) is 119 cm³/mol. The van der Waals surface area contributed by atoms with Crippen LogP contribution in [-0.4, -0.2) is 45.4 Å². The van der Waals surface area contributed by atoms with Gasteiger partial charge in [0.25, 0.3) is 0 Å². The van der Waals surface area contributed by atoms with Gasteiger partial charge in [-0.15, -0.1) is 0 Å². The molecule has 4 N–H and O–H groups in total. The number of hydrogen-bond donors (Lipinski definition) is 3. The standard InChI is InChI=1S/C23H29N5O3/c1-23(2)20(28-19-21(24)26-13-27-22(19)31-23)17-9-7-16(8-10-17)15-5-3-14(4-6-15)11-25-18(30)12-29/h7-10,13-15,29H,3-6,11-12H2,1-2H3,(H,25,30)(H2,24,26,27)/t14-,15-. The van der Waals surface area contributed by atoms with Crippen LogP contribution >= 0.6 is 0 Å². The monoisotopic (exact) mass is 423 g/mol. The molecule has 1 aromatic heterocycles. The molecule has 31 heavy (non-hydrogen) atoms. The summed E-state index contributed by atoms with van der Waals surface area (Å²) < 4.78 is 6.07. The van der Waals surface area contributed by atoms with Crippen molar-refractivity contribution in [3.8, 4) is 5.88 Å². The highest BCUT2D eigenvalue weighted by atomic mass is 16.5. The van der Waals surface area contributed by atoms with Gasteiger partial charge in [-0.1, -0.05) is 24.3 Å². The number of nitrogens with two attached hydrogens (primary N) is 1. The van der Waals surface area contributed by atoms with Gasteiger partial charge in [-0.2, -0.15) is 4.98 Å². The van der Waals surface area contributed by atoms with E-state index < -0.39 is 12.2 Å². The fraction of sp³-hybridized carbons (Fsp3) is 0.478. The van der Waals surface area contributed by atoms with Crippen LogP contribution in [0.3, 0.4) is 0 Å². The summed E-state index contributed by atoms with van der Waals surface area (Å²) >= 11 is 0. The van der Waals surface area contributed by atoms with Crippen molar-refractivity contribution < 1.29 is 14.6 Å². The van der Waals surface area contributed by atoms with E-state index in [2.05, 4.69) is 39.6 Å². The fourth-order valence-electron chi connectivity index (χ4n) is 4.43. The molecule has 4 rings (SSSR count). The van der Waals surface area contributed by atoms with Crippen LogP contribution < -0.4 is 15.8 Å². The molecule has 0 atom stereocenters. The number of aliphatic hydroxyl groups excluding tert-OH is 1. The van der Waals surface area contributed by atoms with E-state index in [-0.39, 0.29) is 5.91 Å². The number of aromatic nitrogens is 2. The number of nitrogens with zero attached hydrogens (tertiary/aromatic N) is 3. The van der Waals surface area contributed by atoms with Gasteiger partial charge in [-0.25, -0.2) is 9.98 Å². The molecular formula is C23H29N5O3. The van der Waals surface area contributed by atoms with Gasteiger partial charge in [0.15, 0.2) is 11.5 Å². The molecule has 0 bridgehead atoms. The Morgan fingerprint density at radius 2 is 1.90 bits per heavy atom. The minimum atomic E-state index is -0.633. The van der Waals surface area contributed by atoms with Crippen molar-refractivity contribution in [1.29, 1.82) is 0 Å². The van der Waals surface area contributed by atoms with Gasteiger partial charge in [0, 0.05) is 12.1 Å². The molecule has 1 amide bonds. The first-order valence-corrected chi connectivity index (χ1v) is 10.7. The fourth-order valence-corrected chi connectivity index (χ4v) is 4.43. The maximum Gasteiger partial charge on any atom is 0.246 e. The number of anilines is 1. The third-order valence-corrected chi connectivity index (χ3v) is 6.20. The minimum absolute atomic E-state index is 0.300. The lowest BCUT2D eigenvalue weighted by molar-refractivity contribution is -0.124. The molecule has 8 heteroatoms. The van der Waals surface area contributed by atoms with Gasteiger partial charge >= 0.3 is 0 Å². The molecule has 1 saturated carbocycles. The van der Waals surface area contributed by atoms with Crippen LogP contribution in [-0.2, 0) is 4.79 Å². The van der Waals surface area contributed by atoms with Crippen LogP contribution in [0.5, 0.6) is 5.88 Å². The molecule has 1 aliphatic heterocycles. The van der Waals surface area contributed by atoms with E-state index in [9.17, 15) is 4.79 Å². The van der Waals surface area contributed by atoms with Crippen LogP contribution in [0, 0.1) is 5.92 Å². The van der Waals surface area contributed by atoms with Crippen molar-refractivity contribution in [2.75, 3.05) is 18.9 Å². The first-order chi connectivity index (χ1) is 14.9. The maximum atomic E-state index is 11.2. The maximum absolute atomic E-state index is 11.2. The highest BCUT2D eigenvalue weighted by Crippen LogP contribution is 2.39. The Bertz CT molecular complexity index is 979. The summed E-state index contributed by atoms with van der Waals surface area (Å²) in [6.07, 6.45) is 5.71. The van der Waals surface area contributed by atoms with E-state index in [1.165, 1.54) is 11.9 Å². The van der Waals surface area contributed by atoms with Crippen molar-refractivity contribution in [3.63, 3.8) is 0 Å². The number of nitrogens with one attached hydrogen (secondary N) is 1. The van der Waals surface area contributed by atoms with E-state index >= 15 is 0 Å². The summed E-state index contributed by atoms with van der Waals surface area (Å²) in [6.45, 7) is 4.14. The lowest BCUT2D eigenvalue weighted by atomic mass is 9.78. The molecule has 8 nitrogen and oxygen atoms in total. The summed E-state index contributed by atoms with van der Waals surface area (Å²) in [4.78, 5) is 24.2. The molecule has 164 valence electrons. The van der Waals surface area contributed by atoms with Crippen molar-refractivity contribution in [2.24, 2.45) is 10.9 Å². The van der Waals surface area contributed by atoms with Crippen LogP contribution in [0.15, 0.2) is 35.6 Å². The van der Waals surface area contributed by atoms with Crippen LogP contribution in [0.25, 0.3) is 0 Å². The van der Waals surface area contributed by atoms with Gasteiger partial charge < -0.3 is 20.9 Å². The van der Waals surface area contributed by atoms with Crippen molar-refractivity contribution >= 4 is 23.1 Å². The van der Waals surface area contributed by atoms with Crippen molar-refractivity contribution in [1.82, 2.24) is 15.3 Å². The Morgan fingerprint density at radius 3 is 2.58 bits per heavy atom. The van der Waals surface area contributed by atoms with Gasteiger partial charge in [0.2, 0.25) is 11.8 Å².